The van der Waals surface area contributed by atoms with Gasteiger partial charge in [0.15, 0.2) is 6.04 Å². The maximum absolute atomic E-state index is 12.1. The zero-order valence-corrected chi connectivity index (χ0v) is 13.8. The van der Waals surface area contributed by atoms with Crippen molar-refractivity contribution < 1.29 is 29.7 Å². The molecular weight excluding hydrogens is 306 g/mol. The molecule has 0 aromatic rings. The second-order valence-electron chi connectivity index (χ2n) is 5.70. The highest BCUT2D eigenvalue weighted by atomic mass is 16.4. The van der Waals surface area contributed by atoms with Gasteiger partial charge in [-0.2, -0.15) is 0 Å². The van der Waals surface area contributed by atoms with Gasteiger partial charge < -0.3 is 31.7 Å². The number of aliphatic hydroxyl groups excluding tert-OH is 2. The number of aliphatic carboxylic acids is 1. The molecule has 0 heterocycles. The fourth-order valence-electron chi connectivity index (χ4n) is 1.80. The Hall–Kier alpha value is -1.71. The molecule has 0 aliphatic carbocycles. The molecule has 7 N–H and O–H groups in total. The zero-order valence-electron chi connectivity index (χ0n) is 13.8. The fourth-order valence-corrected chi connectivity index (χ4v) is 1.80. The number of carboxylic acid groups (broad SMARTS) is 1. The number of carboxylic acids is 1. The summed E-state index contributed by atoms with van der Waals surface area (Å²) in [4.78, 5) is 35.1. The highest BCUT2D eigenvalue weighted by Gasteiger charge is 2.33. The first-order valence-electron chi connectivity index (χ1n) is 7.48. The van der Waals surface area contributed by atoms with Gasteiger partial charge in [0.1, 0.15) is 6.04 Å². The summed E-state index contributed by atoms with van der Waals surface area (Å²) in [6.07, 6.45) is -1.96. The predicted molar refractivity (Wildman–Crippen MR) is 82.3 cm³/mol. The third-order valence-electron chi connectivity index (χ3n) is 3.67. The average molecular weight is 333 g/mol. The number of carbonyl (C=O) groups excluding carboxylic acids is 2. The minimum absolute atomic E-state index is 0.128. The van der Waals surface area contributed by atoms with Crippen molar-refractivity contribution >= 4 is 17.8 Å². The molecule has 0 aliphatic rings. The summed E-state index contributed by atoms with van der Waals surface area (Å²) in [7, 11) is 0. The van der Waals surface area contributed by atoms with Gasteiger partial charge in [0.05, 0.1) is 18.2 Å². The molecule has 0 aliphatic heterocycles. The molecule has 0 bridgehead atoms. The molecule has 0 saturated heterocycles. The summed E-state index contributed by atoms with van der Waals surface area (Å²) in [5.74, 6) is -3.10. The van der Waals surface area contributed by atoms with Crippen molar-refractivity contribution in [2.45, 2.75) is 64.4 Å². The molecule has 0 spiro atoms. The SMILES string of the molecule is CC[C@H](C)[C@H](N)C(=O)N[C@H](C(=O)N[C@H](C(=O)O)[C@@H](C)O)[C@@H](C)O. The van der Waals surface area contributed by atoms with E-state index in [1.54, 1.807) is 6.92 Å². The summed E-state index contributed by atoms with van der Waals surface area (Å²) in [6.45, 7) is 6.11. The normalized spacial score (nSPS) is 18.9. The third kappa shape index (κ3) is 6.51. The second-order valence-corrected chi connectivity index (χ2v) is 5.70. The van der Waals surface area contributed by atoms with E-state index in [0.29, 0.717) is 6.42 Å². The lowest BCUT2D eigenvalue weighted by Gasteiger charge is -2.26. The predicted octanol–water partition coefficient (Wildman–Crippen LogP) is -1.82. The van der Waals surface area contributed by atoms with E-state index in [9.17, 15) is 24.6 Å². The first-order valence-corrected chi connectivity index (χ1v) is 7.48. The highest BCUT2D eigenvalue weighted by molar-refractivity contribution is 5.92. The first-order chi connectivity index (χ1) is 10.5. The van der Waals surface area contributed by atoms with E-state index in [-0.39, 0.29) is 5.92 Å². The van der Waals surface area contributed by atoms with Crippen LogP contribution >= 0.6 is 0 Å². The second kappa shape index (κ2) is 9.43. The molecule has 2 amide bonds. The number of hydrogen-bond acceptors (Lipinski definition) is 6. The molecule has 134 valence electrons. The van der Waals surface area contributed by atoms with Gasteiger partial charge in [-0.3, -0.25) is 9.59 Å². The number of rotatable bonds is 9. The monoisotopic (exact) mass is 333 g/mol. The number of aliphatic hydroxyl groups is 2. The van der Waals surface area contributed by atoms with E-state index < -0.39 is 48.1 Å². The molecule has 0 rings (SSSR count). The van der Waals surface area contributed by atoms with Crippen molar-refractivity contribution in [2.75, 3.05) is 0 Å². The number of hydrogen-bond donors (Lipinski definition) is 6. The van der Waals surface area contributed by atoms with Crippen molar-refractivity contribution in [3.05, 3.63) is 0 Å². The van der Waals surface area contributed by atoms with Gasteiger partial charge in [0, 0.05) is 0 Å². The van der Waals surface area contributed by atoms with Crippen molar-refractivity contribution in [3.63, 3.8) is 0 Å². The van der Waals surface area contributed by atoms with E-state index in [4.69, 9.17) is 10.8 Å². The lowest BCUT2D eigenvalue weighted by molar-refractivity contribution is -0.145. The summed E-state index contributed by atoms with van der Waals surface area (Å²) < 4.78 is 0. The van der Waals surface area contributed by atoms with Crippen LogP contribution in [0.5, 0.6) is 0 Å². The molecule has 0 saturated carbocycles. The zero-order chi connectivity index (χ0) is 18.3. The van der Waals surface area contributed by atoms with Crippen LogP contribution < -0.4 is 16.4 Å². The lowest BCUT2D eigenvalue weighted by atomic mass is 9.98. The van der Waals surface area contributed by atoms with Crippen LogP contribution in [0, 0.1) is 5.92 Å². The Morgan fingerprint density at radius 1 is 0.957 bits per heavy atom. The Morgan fingerprint density at radius 3 is 1.74 bits per heavy atom. The summed E-state index contributed by atoms with van der Waals surface area (Å²) in [5.41, 5.74) is 5.76. The van der Waals surface area contributed by atoms with E-state index in [1.165, 1.54) is 13.8 Å². The van der Waals surface area contributed by atoms with Crippen molar-refractivity contribution in [3.8, 4) is 0 Å². The van der Waals surface area contributed by atoms with Crippen LogP contribution in [-0.2, 0) is 14.4 Å². The van der Waals surface area contributed by atoms with E-state index in [0.717, 1.165) is 0 Å². The van der Waals surface area contributed by atoms with Gasteiger partial charge in [0.2, 0.25) is 11.8 Å². The summed E-state index contributed by atoms with van der Waals surface area (Å²) in [5, 5.41) is 32.4. The van der Waals surface area contributed by atoms with Crippen LogP contribution in [0.2, 0.25) is 0 Å². The van der Waals surface area contributed by atoms with E-state index in [2.05, 4.69) is 10.6 Å². The standard InChI is InChI=1S/C14H27N3O6/c1-5-6(2)9(15)12(20)16-10(7(3)18)13(21)17-11(8(4)19)14(22)23/h6-11,18-19H,5,15H2,1-4H3,(H,16,20)(H,17,21)(H,22,23)/t6-,7+,8+,9-,10-,11-/m0/s1. The molecule has 0 aromatic carbocycles. The van der Waals surface area contributed by atoms with Crippen LogP contribution in [0.25, 0.3) is 0 Å². The molecule has 0 radical (unpaired) electrons. The number of amides is 2. The lowest BCUT2D eigenvalue weighted by Crippen LogP contribution is -2.60. The first kappa shape index (κ1) is 21.3. The largest absolute Gasteiger partial charge is 0.480 e. The average Bonchev–Trinajstić information content (AvgIpc) is 2.46. The molecule has 23 heavy (non-hydrogen) atoms. The number of nitrogens with two attached hydrogens (primary N) is 1. The Morgan fingerprint density at radius 2 is 1.39 bits per heavy atom. The fraction of sp³-hybridized carbons (Fsp3) is 0.786. The van der Waals surface area contributed by atoms with Crippen LogP contribution in [-0.4, -0.2) is 63.4 Å². The summed E-state index contributed by atoms with van der Waals surface area (Å²) >= 11 is 0. The van der Waals surface area contributed by atoms with Crippen molar-refractivity contribution in [1.29, 1.82) is 0 Å². The Labute approximate surface area is 135 Å². The van der Waals surface area contributed by atoms with E-state index in [1.807, 2.05) is 6.92 Å². The van der Waals surface area contributed by atoms with Crippen LogP contribution in [0.1, 0.15) is 34.1 Å². The van der Waals surface area contributed by atoms with E-state index >= 15 is 0 Å². The summed E-state index contributed by atoms with van der Waals surface area (Å²) in [6, 6.07) is -3.79. The smallest absolute Gasteiger partial charge is 0.328 e. The van der Waals surface area contributed by atoms with Gasteiger partial charge >= 0.3 is 5.97 Å². The van der Waals surface area contributed by atoms with Crippen molar-refractivity contribution in [1.82, 2.24) is 10.6 Å². The minimum Gasteiger partial charge on any atom is -0.480 e. The molecule has 9 heteroatoms. The van der Waals surface area contributed by atoms with Gasteiger partial charge in [-0.25, -0.2) is 4.79 Å². The highest BCUT2D eigenvalue weighted by Crippen LogP contribution is 2.06. The van der Waals surface area contributed by atoms with Crippen LogP contribution in [0.4, 0.5) is 0 Å². The number of carbonyl (C=O) groups is 3. The molecule has 9 nitrogen and oxygen atoms in total. The molecule has 0 fully saturated rings. The number of nitrogens with one attached hydrogen (secondary N) is 2. The minimum atomic E-state index is -1.55. The maximum Gasteiger partial charge on any atom is 0.328 e. The van der Waals surface area contributed by atoms with Gasteiger partial charge in [0.25, 0.3) is 0 Å². The van der Waals surface area contributed by atoms with Gasteiger partial charge in [-0.15, -0.1) is 0 Å². The van der Waals surface area contributed by atoms with Crippen LogP contribution in [0.15, 0.2) is 0 Å². The molecule has 0 aromatic heterocycles. The third-order valence-corrected chi connectivity index (χ3v) is 3.67. The Bertz CT molecular complexity index is 427. The van der Waals surface area contributed by atoms with Crippen molar-refractivity contribution in [2.24, 2.45) is 11.7 Å². The molecule has 0 unspecified atom stereocenters. The Balaban J connectivity index is 5.01. The van der Waals surface area contributed by atoms with Gasteiger partial charge in [-0.1, -0.05) is 20.3 Å². The topological polar surface area (TPSA) is 162 Å². The quantitative estimate of drug-likeness (QED) is 0.289. The molecular formula is C14H27N3O6. The Kier molecular flexibility index (Phi) is 8.73. The van der Waals surface area contributed by atoms with Crippen LogP contribution in [0.3, 0.4) is 0 Å². The van der Waals surface area contributed by atoms with Gasteiger partial charge in [-0.05, 0) is 19.8 Å². The molecule has 6 atom stereocenters. The maximum atomic E-state index is 12.1.